The summed E-state index contributed by atoms with van der Waals surface area (Å²) in [6.45, 7) is 0.0792. The molecule has 5 heteroatoms. The number of pyridine rings is 2. The summed E-state index contributed by atoms with van der Waals surface area (Å²) in [5.74, 6) is 0.301. The number of anilines is 1. The normalized spacial score (nSPS) is 11.2. The van der Waals surface area contributed by atoms with Crippen LogP contribution in [0.5, 0.6) is 0 Å². The van der Waals surface area contributed by atoms with Gasteiger partial charge in [0.15, 0.2) is 5.43 Å². The molecule has 0 spiro atoms. The van der Waals surface area contributed by atoms with Crippen LogP contribution < -0.4 is 10.7 Å². The molecule has 2 heterocycles. The number of carbonyl (C=O) groups excluding carboxylic acids is 1. The van der Waals surface area contributed by atoms with E-state index in [2.05, 4.69) is 10.3 Å². The van der Waals surface area contributed by atoms with Crippen molar-refractivity contribution in [2.75, 3.05) is 5.32 Å². The summed E-state index contributed by atoms with van der Waals surface area (Å²) in [7, 11) is 0. The number of rotatable bonds is 3. The van der Waals surface area contributed by atoms with Gasteiger partial charge in [0.2, 0.25) is 5.91 Å². The third-order valence-corrected chi connectivity index (χ3v) is 5.05. The van der Waals surface area contributed by atoms with Gasteiger partial charge >= 0.3 is 0 Å². The van der Waals surface area contributed by atoms with Crippen LogP contribution in [0.4, 0.5) is 5.82 Å². The first-order valence-corrected chi connectivity index (χ1v) is 9.37. The molecule has 5 rings (SSSR count). The molecule has 140 valence electrons. The number of aromatic nitrogens is 2. The Balaban J connectivity index is 1.55. The van der Waals surface area contributed by atoms with Gasteiger partial charge in [-0.2, -0.15) is 0 Å². The highest BCUT2D eigenvalue weighted by Gasteiger charge is 2.13. The molecule has 0 saturated heterocycles. The molecule has 0 aliphatic rings. The van der Waals surface area contributed by atoms with Crippen LogP contribution in [0.15, 0.2) is 89.7 Å². The van der Waals surface area contributed by atoms with Crippen LogP contribution in [0.1, 0.15) is 0 Å². The van der Waals surface area contributed by atoms with Gasteiger partial charge in [0.1, 0.15) is 12.4 Å². The topological polar surface area (TPSA) is 64.0 Å². The van der Waals surface area contributed by atoms with E-state index in [-0.39, 0.29) is 17.9 Å². The third-order valence-electron chi connectivity index (χ3n) is 5.05. The molecule has 3 aromatic carbocycles. The van der Waals surface area contributed by atoms with E-state index in [1.807, 2.05) is 71.3 Å². The zero-order chi connectivity index (χ0) is 19.8. The van der Waals surface area contributed by atoms with E-state index in [0.717, 1.165) is 21.9 Å². The number of hydrogen-bond donors (Lipinski definition) is 1. The van der Waals surface area contributed by atoms with Gasteiger partial charge in [-0.1, -0.05) is 42.5 Å². The largest absolute Gasteiger partial charge is 0.331 e. The van der Waals surface area contributed by atoms with E-state index in [1.165, 1.54) is 0 Å². The van der Waals surface area contributed by atoms with Gasteiger partial charge in [0, 0.05) is 16.2 Å². The molecule has 0 bridgehead atoms. The van der Waals surface area contributed by atoms with Gasteiger partial charge in [-0.05, 0) is 42.5 Å². The van der Waals surface area contributed by atoms with Crippen molar-refractivity contribution in [3.05, 3.63) is 95.2 Å². The van der Waals surface area contributed by atoms with Crippen molar-refractivity contribution in [1.29, 1.82) is 0 Å². The molecule has 0 aliphatic carbocycles. The number of nitrogens with zero attached hydrogens (tertiary/aromatic N) is 2. The van der Waals surface area contributed by atoms with E-state index in [4.69, 9.17) is 0 Å². The molecule has 1 N–H and O–H groups in total. The summed E-state index contributed by atoms with van der Waals surface area (Å²) in [4.78, 5) is 30.2. The second-order valence-electron chi connectivity index (χ2n) is 6.89. The zero-order valence-corrected chi connectivity index (χ0v) is 15.5. The lowest BCUT2D eigenvalue weighted by molar-refractivity contribution is -0.116. The van der Waals surface area contributed by atoms with E-state index in [0.29, 0.717) is 16.6 Å². The van der Waals surface area contributed by atoms with E-state index < -0.39 is 0 Å². The molecule has 0 unspecified atom stereocenters. The van der Waals surface area contributed by atoms with Gasteiger partial charge in [-0.3, -0.25) is 9.59 Å². The van der Waals surface area contributed by atoms with Crippen LogP contribution in [0, 0.1) is 0 Å². The maximum atomic E-state index is 12.8. The summed E-state index contributed by atoms with van der Waals surface area (Å²) in [6.07, 6.45) is 0. The molecule has 0 atom stereocenters. The van der Waals surface area contributed by atoms with Gasteiger partial charge in [0.05, 0.1) is 16.6 Å². The number of nitrogens with one attached hydrogen (secondary N) is 1. The lowest BCUT2D eigenvalue weighted by atomic mass is 10.1. The zero-order valence-electron chi connectivity index (χ0n) is 15.5. The molecule has 1 amide bonds. The smallest absolute Gasteiger partial charge is 0.245 e. The van der Waals surface area contributed by atoms with Crippen LogP contribution in [0.2, 0.25) is 0 Å². The predicted octanol–water partition coefficient (Wildman–Crippen LogP) is 4.34. The highest BCUT2D eigenvalue weighted by atomic mass is 16.2. The fraction of sp³-hybridized carbons (Fsp3) is 0.0417. The van der Waals surface area contributed by atoms with Gasteiger partial charge < -0.3 is 9.88 Å². The van der Waals surface area contributed by atoms with Crippen LogP contribution in [0.3, 0.4) is 0 Å². The number of amides is 1. The minimum atomic E-state index is -0.202. The average molecular weight is 379 g/mol. The second kappa shape index (κ2) is 6.87. The van der Waals surface area contributed by atoms with Crippen molar-refractivity contribution in [3.8, 4) is 0 Å². The summed E-state index contributed by atoms with van der Waals surface area (Å²) in [6, 6.07) is 26.2. The summed E-state index contributed by atoms with van der Waals surface area (Å²) < 4.78 is 1.88. The molecule has 2 aromatic heterocycles. The minimum Gasteiger partial charge on any atom is -0.331 e. The fourth-order valence-electron chi connectivity index (χ4n) is 3.71. The van der Waals surface area contributed by atoms with Crippen molar-refractivity contribution in [1.82, 2.24) is 9.55 Å². The number of hydrogen-bond acceptors (Lipinski definition) is 3. The van der Waals surface area contributed by atoms with Gasteiger partial charge in [0.25, 0.3) is 0 Å². The predicted molar refractivity (Wildman–Crippen MR) is 116 cm³/mol. The van der Waals surface area contributed by atoms with Gasteiger partial charge in [-0.25, -0.2) is 4.98 Å². The molecule has 0 fully saturated rings. The molecule has 0 aliphatic heterocycles. The first kappa shape index (κ1) is 17.1. The number of carbonyl (C=O) groups is 1. The lowest BCUT2D eigenvalue weighted by Gasteiger charge is -2.15. The summed E-state index contributed by atoms with van der Waals surface area (Å²) in [5.41, 5.74) is 2.27. The van der Waals surface area contributed by atoms with Crippen LogP contribution in [-0.4, -0.2) is 15.5 Å². The Morgan fingerprint density at radius 2 is 1.41 bits per heavy atom. The average Bonchev–Trinajstić information content (AvgIpc) is 2.76. The highest BCUT2D eigenvalue weighted by Crippen LogP contribution is 2.20. The lowest BCUT2D eigenvalue weighted by Crippen LogP contribution is -2.22. The standard InChI is InChI=1S/C24H17N3O2/c28-23(26-22-14-13-16-7-1-4-10-19(16)25-22)15-27-20-11-5-2-8-17(20)24(29)18-9-3-6-12-21(18)27/h1-14H,15H2,(H,25,26,28). The molecule has 29 heavy (non-hydrogen) atoms. The Labute approximate surface area is 166 Å². The second-order valence-corrected chi connectivity index (χ2v) is 6.89. The Hall–Kier alpha value is -3.99. The Morgan fingerprint density at radius 1 is 0.793 bits per heavy atom. The maximum Gasteiger partial charge on any atom is 0.245 e. The van der Waals surface area contributed by atoms with Crippen molar-refractivity contribution in [2.45, 2.75) is 6.54 Å². The number of benzene rings is 3. The third kappa shape index (κ3) is 3.02. The maximum absolute atomic E-state index is 12.8. The van der Waals surface area contributed by atoms with E-state index >= 15 is 0 Å². The van der Waals surface area contributed by atoms with Crippen LogP contribution in [0.25, 0.3) is 32.7 Å². The van der Waals surface area contributed by atoms with Crippen molar-refractivity contribution < 1.29 is 4.79 Å². The van der Waals surface area contributed by atoms with Crippen LogP contribution >= 0.6 is 0 Å². The first-order chi connectivity index (χ1) is 14.2. The molecule has 5 aromatic rings. The quantitative estimate of drug-likeness (QED) is 0.474. The minimum absolute atomic E-state index is 0.0240. The summed E-state index contributed by atoms with van der Waals surface area (Å²) in [5, 5.41) is 5.09. The molecule has 0 saturated carbocycles. The Bertz CT molecular complexity index is 1390. The van der Waals surface area contributed by atoms with Gasteiger partial charge in [-0.15, -0.1) is 0 Å². The highest BCUT2D eigenvalue weighted by molar-refractivity contribution is 5.97. The monoisotopic (exact) mass is 379 g/mol. The Kier molecular flexibility index (Phi) is 4.06. The number of para-hydroxylation sites is 3. The van der Waals surface area contributed by atoms with Crippen molar-refractivity contribution in [3.63, 3.8) is 0 Å². The Morgan fingerprint density at radius 3 is 2.14 bits per heavy atom. The molecular formula is C24H17N3O2. The van der Waals surface area contributed by atoms with Crippen molar-refractivity contribution >= 4 is 44.4 Å². The van der Waals surface area contributed by atoms with Crippen molar-refractivity contribution in [2.24, 2.45) is 0 Å². The summed E-state index contributed by atoms with van der Waals surface area (Å²) >= 11 is 0. The van der Waals surface area contributed by atoms with Crippen LogP contribution in [-0.2, 0) is 11.3 Å². The van der Waals surface area contributed by atoms with E-state index in [1.54, 1.807) is 18.2 Å². The number of fused-ring (bicyclic) bond motifs is 3. The SMILES string of the molecule is O=C(Cn1c2ccccc2c(=O)c2ccccc21)Nc1ccc2ccccc2n1. The first-order valence-electron chi connectivity index (χ1n) is 9.37. The molecular weight excluding hydrogens is 362 g/mol. The molecule has 5 nitrogen and oxygen atoms in total. The molecule has 0 radical (unpaired) electrons. The fourth-order valence-corrected chi connectivity index (χ4v) is 3.71. The van der Waals surface area contributed by atoms with E-state index in [9.17, 15) is 9.59 Å².